The first-order chi connectivity index (χ1) is 9.87. The molecular weight excluding hydrogens is 425 g/mol. The molecule has 0 atom stereocenters. The molecule has 0 aliphatic carbocycles. The zero-order chi connectivity index (χ0) is 15.5. The van der Waals surface area contributed by atoms with Crippen molar-refractivity contribution in [2.75, 3.05) is 11.1 Å². The fourth-order valence-electron chi connectivity index (χ4n) is 1.63. The van der Waals surface area contributed by atoms with Crippen molar-refractivity contribution in [3.63, 3.8) is 0 Å². The number of hydrogen-bond donors (Lipinski definition) is 1. The molecule has 1 N–H and O–H groups in total. The van der Waals surface area contributed by atoms with Crippen molar-refractivity contribution in [3.8, 4) is 0 Å². The number of hydrogen-bond acceptors (Lipinski definition) is 3. The highest BCUT2D eigenvalue weighted by Gasteiger charge is 2.19. The summed E-state index contributed by atoms with van der Waals surface area (Å²) in [5.41, 5.74) is 0.562. The molecule has 0 aromatic heterocycles. The molecule has 0 aliphatic rings. The number of amides is 1. The van der Waals surface area contributed by atoms with E-state index in [-0.39, 0.29) is 4.90 Å². The van der Waals surface area contributed by atoms with Gasteiger partial charge in [-0.3, -0.25) is 4.79 Å². The third-order valence-electron chi connectivity index (χ3n) is 2.62. The van der Waals surface area contributed by atoms with E-state index in [4.69, 9.17) is 11.6 Å². The molecule has 0 unspecified atom stereocenters. The van der Waals surface area contributed by atoms with Gasteiger partial charge >= 0.3 is 0 Å². The summed E-state index contributed by atoms with van der Waals surface area (Å²) in [4.78, 5) is 11.9. The van der Waals surface area contributed by atoms with Crippen LogP contribution in [0.25, 0.3) is 0 Å². The number of rotatable bonds is 4. The van der Waals surface area contributed by atoms with Gasteiger partial charge in [0.2, 0.25) is 5.91 Å². The normalized spacial score (nSPS) is 11.1. The zero-order valence-corrected chi connectivity index (χ0v) is 14.4. The Bertz CT molecular complexity index is 743. The standard InChI is InChI=1S/C14H11ClINO3S/c15-10-1-7-13(8-2-10)21(19,20)9-14(18)17-12-5-3-11(16)4-6-12/h1-8H,9H2,(H,17,18). The van der Waals surface area contributed by atoms with Gasteiger partial charge in [0.25, 0.3) is 0 Å². The van der Waals surface area contributed by atoms with Crippen molar-refractivity contribution >= 4 is 55.6 Å². The number of nitrogens with one attached hydrogen (secondary N) is 1. The average Bonchev–Trinajstić information content (AvgIpc) is 2.41. The van der Waals surface area contributed by atoms with Gasteiger partial charge in [0.15, 0.2) is 9.84 Å². The molecule has 0 radical (unpaired) electrons. The fraction of sp³-hybridized carbons (Fsp3) is 0.0714. The van der Waals surface area contributed by atoms with Crippen LogP contribution >= 0.6 is 34.2 Å². The maximum Gasteiger partial charge on any atom is 0.239 e. The maximum absolute atomic E-state index is 12.1. The predicted molar refractivity (Wildman–Crippen MR) is 91.3 cm³/mol. The van der Waals surface area contributed by atoms with E-state index in [1.807, 2.05) is 12.1 Å². The molecule has 0 fully saturated rings. The van der Waals surface area contributed by atoms with Crippen LogP contribution in [-0.2, 0) is 14.6 Å². The van der Waals surface area contributed by atoms with Crippen LogP contribution in [0, 0.1) is 3.57 Å². The Morgan fingerprint density at radius 1 is 1.05 bits per heavy atom. The van der Waals surface area contributed by atoms with Crippen molar-refractivity contribution in [1.29, 1.82) is 0 Å². The van der Waals surface area contributed by atoms with Crippen molar-refractivity contribution in [2.24, 2.45) is 0 Å². The summed E-state index contributed by atoms with van der Waals surface area (Å²) in [5, 5.41) is 3.00. The number of carbonyl (C=O) groups excluding carboxylic acids is 1. The van der Waals surface area contributed by atoms with Crippen molar-refractivity contribution in [3.05, 3.63) is 57.1 Å². The molecule has 2 rings (SSSR count). The van der Waals surface area contributed by atoms with Crippen molar-refractivity contribution < 1.29 is 13.2 Å². The van der Waals surface area contributed by atoms with E-state index < -0.39 is 21.5 Å². The van der Waals surface area contributed by atoms with Crippen LogP contribution in [0.4, 0.5) is 5.69 Å². The smallest absolute Gasteiger partial charge is 0.239 e. The summed E-state index contributed by atoms with van der Waals surface area (Å²) in [7, 11) is -3.68. The first-order valence-electron chi connectivity index (χ1n) is 5.90. The Labute approximate surface area is 141 Å². The molecule has 0 heterocycles. The number of halogens is 2. The second kappa shape index (κ2) is 6.76. The first-order valence-corrected chi connectivity index (χ1v) is 9.01. The molecule has 0 aliphatic heterocycles. The van der Waals surface area contributed by atoms with E-state index in [0.717, 1.165) is 3.57 Å². The molecular formula is C14H11ClINO3S. The predicted octanol–water partition coefficient (Wildman–Crippen LogP) is 3.36. The summed E-state index contributed by atoms with van der Waals surface area (Å²) >= 11 is 7.86. The lowest BCUT2D eigenvalue weighted by Crippen LogP contribution is -2.23. The second-order valence-corrected chi connectivity index (χ2v) is 7.94. The van der Waals surface area contributed by atoms with Gasteiger partial charge in [0.05, 0.1) is 4.90 Å². The van der Waals surface area contributed by atoms with E-state index in [1.165, 1.54) is 24.3 Å². The van der Waals surface area contributed by atoms with Gasteiger partial charge in [-0.1, -0.05) is 11.6 Å². The van der Waals surface area contributed by atoms with Gasteiger partial charge in [-0.05, 0) is 71.1 Å². The van der Waals surface area contributed by atoms with Gasteiger partial charge in [-0.15, -0.1) is 0 Å². The van der Waals surface area contributed by atoms with Crippen LogP contribution in [0.2, 0.25) is 5.02 Å². The van der Waals surface area contributed by atoms with Crippen LogP contribution in [0.1, 0.15) is 0 Å². The van der Waals surface area contributed by atoms with E-state index in [2.05, 4.69) is 27.9 Å². The van der Waals surface area contributed by atoms with Gasteiger partial charge in [0, 0.05) is 14.3 Å². The Kier molecular flexibility index (Phi) is 5.23. The lowest BCUT2D eigenvalue weighted by atomic mass is 10.3. The van der Waals surface area contributed by atoms with Gasteiger partial charge in [-0.2, -0.15) is 0 Å². The molecule has 1 amide bonds. The summed E-state index contributed by atoms with van der Waals surface area (Å²) < 4.78 is 25.2. The highest BCUT2D eigenvalue weighted by molar-refractivity contribution is 14.1. The van der Waals surface area contributed by atoms with E-state index in [1.54, 1.807) is 12.1 Å². The summed E-state index contributed by atoms with van der Waals surface area (Å²) in [5.74, 6) is -1.19. The van der Waals surface area contributed by atoms with Crippen LogP contribution in [-0.4, -0.2) is 20.1 Å². The lowest BCUT2D eigenvalue weighted by molar-refractivity contribution is -0.113. The SMILES string of the molecule is O=C(CS(=O)(=O)c1ccc(Cl)cc1)Nc1ccc(I)cc1. The molecule has 2 aromatic carbocycles. The highest BCUT2D eigenvalue weighted by Crippen LogP contribution is 2.16. The molecule has 110 valence electrons. The van der Waals surface area contributed by atoms with E-state index in [9.17, 15) is 13.2 Å². The molecule has 7 heteroatoms. The first kappa shape index (κ1) is 16.3. The fourth-order valence-corrected chi connectivity index (χ4v) is 3.25. The van der Waals surface area contributed by atoms with Crippen LogP contribution in [0.3, 0.4) is 0 Å². The zero-order valence-electron chi connectivity index (χ0n) is 10.7. The van der Waals surface area contributed by atoms with Gasteiger partial charge < -0.3 is 5.32 Å². The minimum Gasteiger partial charge on any atom is -0.325 e. The van der Waals surface area contributed by atoms with Crippen molar-refractivity contribution in [2.45, 2.75) is 4.90 Å². The third kappa shape index (κ3) is 4.69. The van der Waals surface area contributed by atoms with E-state index >= 15 is 0 Å². The van der Waals surface area contributed by atoms with Crippen LogP contribution in [0.5, 0.6) is 0 Å². The maximum atomic E-state index is 12.1. The Hall–Kier alpha value is -1.12. The lowest BCUT2D eigenvalue weighted by Gasteiger charge is -2.07. The average molecular weight is 436 g/mol. The van der Waals surface area contributed by atoms with Gasteiger partial charge in [0.1, 0.15) is 5.75 Å². The topological polar surface area (TPSA) is 63.2 Å². The number of carbonyl (C=O) groups is 1. The summed E-state index contributed by atoms with van der Waals surface area (Å²) in [6.45, 7) is 0. The highest BCUT2D eigenvalue weighted by atomic mass is 127. The number of sulfone groups is 1. The Balaban J connectivity index is 2.07. The third-order valence-corrected chi connectivity index (χ3v) is 5.23. The number of anilines is 1. The van der Waals surface area contributed by atoms with Gasteiger partial charge in [-0.25, -0.2) is 8.42 Å². The quantitative estimate of drug-likeness (QED) is 0.749. The summed E-state index contributed by atoms with van der Waals surface area (Å²) in [6.07, 6.45) is 0. The molecule has 21 heavy (non-hydrogen) atoms. The molecule has 0 spiro atoms. The monoisotopic (exact) mass is 435 g/mol. The Morgan fingerprint density at radius 3 is 2.19 bits per heavy atom. The molecule has 0 saturated heterocycles. The Morgan fingerprint density at radius 2 is 1.62 bits per heavy atom. The summed E-state index contributed by atoms with van der Waals surface area (Å²) in [6, 6.07) is 12.8. The minimum atomic E-state index is -3.68. The molecule has 2 aromatic rings. The number of benzene rings is 2. The molecule has 0 saturated carbocycles. The van der Waals surface area contributed by atoms with Crippen LogP contribution in [0.15, 0.2) is 53.4 Å². The molecule has 4 nitrogen and oxygen atoms in total. The second-order valence-electron chi connectivity index (χ2n) is 4.27. The van der Waals surface area contributed by atoms with Crippen molar-refractivity contribution in [1.82, 2.24) is 0 Å². The largest absolute Gasteiger partial charge is 0.325 e. The van der Waals surface area contributed by atoms with Crippen LogP contribution < -0.4 is 5.32 Å². The van der Waals surface area contributed by atoms with E-state index in [0.29, 0.717) is 10.7 Å². The minimum absolute atomic E-state index is 0.0738. The molecule has 0 bridgehead atoms.